The van der Waals surface area contributed by atoms with Gasteiger partial charge in [-0.1, -0.05) is 18.2 Å². The number of carbonyl (C=O) groups excluding carboxylic acids is 1. The number of nitrogens with one attached hydrogen (secondary N) is 2. The Morgan fingerprint density at radius 3 is 2.64 bits per heavy atom. The minimum atomic E-state index is -0.302. The lowest BCUT2D eigenvalue weighted by atomic mass is 10.1. The van der Waals surface area contributed by atoms with Crippen LogP contribution in [0.5, 0.6) is 0 Å². The molecule has 3 nitrogen and oxygen atoms in total. The van der Waals surface area contributed by atoms with E-state index in [1.807, 2.05) is 32.0 Å². The Morgan fingerprint density at radius 1 is 1.18 bits per heavy atom. The van der Waals surface area contributed by atoms with Crippen LogP contribution in [0.25, 0.3) is 10.9 Å². The summed E-state index contributed by atoms with van der Waals surface area (Å²) in [5.74, 6) is -0.411. The molecule has 2 aromatic carbocycles. The van der Waals surface area contributed by atoms with E-state index >= 15 is 0 Å². The SMILES string of the molecule is Cc1cccc(C)c1NC(=O)Cc1c[nH]c2ccc(F)cc12. The van der Waals surface area contributed by atoms with E-state index in [0.29, 0.717) is 0 Å². The molecular weight excluding hydrogens is 279 g/mol. The number of aromatic amines is 1. The number of halogens is 1. The van der Waals surface area contributed by atoms with Gasteiger partial charge in [0.25, 0.3) is 0 Å². The molecule has 0 unspecified atom stereocenters. The number of hydrogen-bond acceptors (Lipinski definition) is 1. The molecule has 22 heavy (non-hydrogen) atoms. The molecule has 0 fully saturated rings. The third-order valence-corrected chi connectivity index (χ3v) is 3.83. The Kier molecular flexibility index (Phi) is 3.67. The van der Waals surface area contributed by atoms with E-state index in [0.717, 1.165) is 33.3 Å². The Bertz CT molecular complexity index is 831. The Balaban J connectivity index is 1.83. The third-order valence-electron chi connectivity index (χ3n) is 3.83. The summed E-state index contributed by atoms with van der Waals surface area (Å²) in [6, 6.07) is 10.4. The zero-order valence-electron chi connectivity index (χ0n) is 12.5. The van der Waals surface area contributed by atoms with Crippen molar-refractivity contribution in [2.45, 2.75) is 20.3 Å². The van der Waals surface area contributed by atoms with Crippen LogP contribution in [0, 0.1) is 19.7 Å². The molecule has 112 valence electrons. The van der Waals surface area contributed by atoms with Crippen LogP contribution >= 0.6 is 0 Å². The maximum Gasteiger partial charge on any atom is 0.228 e. The van der Waals surface area contributed by atoms with Gasteiger partial charge < -0.3 is 10.3 Å². The lowest BCUT2D eigenvalue weighted by Crippen LogP contribution is -2.15. The lowest BCUT2D eigenvalue weighted by molar-refractivity contribution is -0.115. The molecule has 0 radical (unpaired) electrons. The molecule has 3 rings (SSSR count). The zero-order chi connectivity index (χ0) is 15.7. The van der Waals surface area contributed by atoms with Crippen molar-refractivity contribution >= 4 is 22.5 Å². The molecule has 1 aromatic heterocycles. The summed E-state index contributed by atoms with van der Waals surface area (Å²) in [6.45, 7) is 3.92. The predicted molar refractivity (Wildman–Crippen MR) is 86.5 cm³/mol. The molecule has 0 aliphatic carbocycles. The van der Waals surface area contributed by atoms with E-state index in [-0.39, 0.29) is 18.1 Å². The van der Waals surface area contributed by atoms with Crippen molar-refractivity contribution in [2.75, 3.05) is 5.32 Å². The minimum Gasteiger partial charge on any atom is -0.361 e. The molecule has 0 aliphatic heterocycles. The van der Waals surface area contributed by atoms with Gasteiger partial charge in [0.1, 0.15) is 5.82 Å². The van der Waals surface area contributed by atoms with E-state index < -0.39 is 0 Å². The second-order valence-electron chi connectivity index (χ2n) is 5.50. The van der Waals surface area contributed by atoms with Crippen LogP contribution in [-0.4, -0.2) is 10.9 Å². The van der Waals surface area contributed by atoms with Crippen LogP contribution in [0.3, 0.4) is 0 Å². The van der Waals surface area contributed by atoms with Crippen molar-refractivity contribution in [1.29, 1.82) is 0 Å². The van der Waals surface area contributed by atoms with Gasteiger partial charge in [0.15, 0.2) is 0 Å². The predicted octanol–water partition coefficient (Wildman–Crippen LogP) is 4.11. The maximum absolute atomic E-state index is 13.4. The summed E-state index contributed by atoms with van der Waals surface area (Å²) in [6.07, 6.45) is 1.96. The number of carbonyl (C=O) groups is 1. The van der Waals surface area contributed by atoms with Gasteiger partial charge in [0, 0.05) is 22.8 Å². The smallest absolute Gasteiger partial charge is 0.228 e. The van der Waals surface area contributed by atoms with Gasteiger partial charge in [0.2, 0.25) is 5.91 Å². The fourth-order valence-corrected chi connectivity index (χ4v) is 2.67. The molecule has 0 saturated carbocycles. The number of aryl methyl sites for hydroxylation is 2. The summed E-state index contributed by atoms with van der Waals surface area (Å²) >= 11 is 0. The van der Waals surface area contributed by atoms with Gasteiger partial charge in [0.05, 0.1) is 6.42 Å². The Labute approximate surface area is 128 Å². The van der Waals surface area contributed by atoms with Crippen molar-refractivity contribution < 1.29 is 9.18 Å². The number of benzene rings is 2. The molecule has 0 atom stereocenters. The van der Waals surface area contributed by atoms with Crippen LogP contribution in [0.15, 0.2) is 42.6 Å². The molecule has 2 N–H and O–H groups in total. The minimum absolute atomic E-state index is 0.109. The highest BCUT2D eigenvalue weighted by Gasteiger charge is 2.11. The molecule has 3 aromatic rings. The van der Waals surface area contributed by atoms with Crippen LogP contribution in [0.2, 0.25) is 0 Å². The van der Waals surface area contributed by atoms with Crippen molar-refractivity contribution in [3.8, 4) is 0 Å². The summed E-state index contributed by atoms with van der Waals surface area (Å²) in [5.41, 5.74) is 4.52. The van der Waals surface area contributed by atoms with Gasteiger partial charge in [-0.2, -0.15) is 0 Å². The van der Waals surface area contributed by atoms with Gasteiger partial charge in [-0.05, 0) is 48.7 Å². The number of rotatable bonds is 3. The Hall–Kier alpha value is -2.62. The molecule has 0 spiro atoms. The summed E-state index contributed by atoms with van der Waals surface area (Å²) in [7, 11) is 0. The van der Waals surface area contributed by atoms with Crippen molar-refractivity contribution in [3.05, 3.63) is 65.1 Å². The first-order chi connectivity index (χ1) is 10.5. The van der Waals surface area contributed by atoms with E-state index in [2.05, 4.69) is 10.3 Å². The Morgan fingerprint density at radius 2 is 1.91 bits per heavy atom. The summed E-state index contributed by atoms with van der Waals surface area (Å²) in [5, 5.41) is 3.70. The molecular formula is C18H17FN2O. The summed E-state index contributed by atoms with van der Waals surface area (Å²) in [4.78, 5) is 15.4. The molecule has 1 amide bonds. The zero-order valence-corrected chi connectivity index (χ0v) is 12.5. The average molecular weight is 296 g/mol. The lowest BCUT2D eigenvalue weighted by Gasteiger charge is -2.11. The van der Waals surface area contributed by atoms with Gasteiger partial charge in [-0.15, -0.1) is 0 Å². The highest BCUT2D eigenvalue weighted by Crippen LogP contribution is 2.22. The molecule has 0 bridgehead atoms. The van der Waals surface area contributed by atoms with Crippen molar-refractivity contribution in [1.82, 2.24) is 4.98 Å². The van der Waals surface area contributed by atoms with E-state index in [1.54, 1.807) is 12.3 Å². The van der Waals surface area contributed by atoms with Crippen LogP contribution < -0.4 is 5.32 Å². The standard InChI is InChI=1S/C18H17FN2O/c1-11-4-3-5-12(2)18(11)21-17(22)8-13-10-20-16-7-6-14(19)9-15(13)16/h3-7,9-10,20H,8H2,1-2H3,(H,21,22). The van der Waals surface area contributed by atoms with Crippen molar-refractivity contribution in [3.63, 3.8) is 0 Å². The maximum atomic E-state index is 13.4. The first-order valence-electron chi connectivity index (χ1n) is 7.16. The van der Waals surface area contributed by atoms with Gasteiger partial charge in [-0.25, -0.2) is 4.39 Å². The fraction of sp³-hybridized carbons (Fsp3) is 0.167. The average Bonchev–Trinajstić information content (AvgIpc) is 2.85. The highest BCUT2D eigenvalue weighted by atomic mass is 19.1. The van der Waals surface area contributed by atoms with Gasteiger partial charge >= 0.3 is 0 Å². The fourth-order valence-electron chi connectivity index (χ4n) is 2.67. The number of aromatic nitrogens is 1. The van der Waals surface area contributed by atoms with Gasteiger partial charge in [-0.3, -0.25) is 4.79 Å². The second-order valence-corrected chi connectivity index (χ2v) is 5.50. The monoisotopic (exact) mass is 296 g/mol. The van der Waals surface area contributed by atoms with Crippen LogP contribution in [-0.2, 0) is 11.2 Å². The third kappa shape index (κ3) is 2.72. The second kappa shape index (κ2) is 5.64. The molecule has 1 heterocycles. The number of anilines is 1. The first kappa shape index (κ1) is 14.3. The van der Waals surface area contributed by atoms with Crippen LogP contribution in [0.4, 0.5) is 10.1 Å². The normalized spacial score (nSPS) is 10.9. The number of para-hydroxylation sites is 1. The first-order valence-corrected chi connectivity index (χ1v) is 7.16. The van der Waals surface area contributed by atoms with E-state index in [9.17, 15) is 9.18 Å². The number of fused-ring (bicyclic) bond motifs is 1. The highest BCUT2D eigenvalue weighted by molar-refractivity contribution is 5.96. The number of amides is 1. The van der Waals surface area contributed by atoms with Crippen molar-refractivity contribution in [2.24, 2.45) is 0 Å². The number of hydrogen-bond donors (Lipinski definition) is 2. The molecule has 0 saturated heterocycles. The van der Waals surface area contributed by atoms with E-state index in [4.69, 9.17) is 0 Å². The topological polar surface area (TPSA) is 44.9 Å². The molecule has 0 aliphatic rings. The number of H-pyrrole nitrogens is 1. The summed E-state index contributed by atoms with van der Waals surface area (Å²) < 4.78 is 13.4. The van der Waals surface area contributed by atoms with E-state index in [1.165, 1.54) is 12.1 Å². The molecule has 4 heteroatoms. The van der Waals surface area contributed by atoms with Crippen LogP contribution in [0.1, 0.15) is 16.7 Å². The largest absolute Gasteiger partial charge is 0.361 e. The quantitative estimate of drug-likeness (QED) is 0.750.